The molecule has 0 aliphatic heterocycles. The van der Waals surface area contributed by atoms with Crippen molar-refractivity contribution in [2.45, 2.75) is 6.92 Å². The summed E-state index contributed by atoms with van der Waals surface area (Å²) < 4.78 is 5.35. The summed E-state index contributed by atoms with van der Waals surface area (Å²) in [4.78, 5) is 22.4. The lowest BCUT2D eigenvalue weighted by Crippen LogP contribution is -2.13. The number of ketones is 1. The predicted molar refractivity (Wildman–Crippen MR) is 79.1 cm³/mol. The van der Waals surface area contributed by atoms with Gasteiger partial charge in [0.1, 0.15) is 0 Å². The van der Waals surface area contributed by atoms with Gasteiger partial charge in [0.05, 0.1) is 4.92 Å². The van der Waals surface area contributed by atoms with E-state index in [1.54, 1.807) is 37.3 Å². The molecule has 0 aliphatic rings. The van der Waals surface area contributed by atoms with E-state index in [4.69, 9.17) is 16.3 Å². The van der Waals surface area contributed by atoms with E-state index in [9.17, 15) is 14.9 Å². The molecule has 0 aliphatic carbocycles. The number of benzene rings is 2. The van der Waals surface area contributed by atoms with Crippen LogP contribution in [0, 0.1) is 17.0 Å². The Bertz CT molecular complexity index is 700. The fourth-order valence-electron chi connectivity index (χ4n) is 1.85. The quantitative estimate of drug-likeness (QED) is 0.478. The summed E-state index contributed by atoms with van der Waals surface area (Å²) in [6.45, 7) is 1.40. The third-order valence-electron chi connectivity index (χ3n) is 2.88. The van der Waals surface area contributed by atoms with Crippen molar-refractivity contribution in [3.05, 3.63) is 68.7 Å². The van der Waals surface area contributed by atoms with E-state index >= 15 is 0 Å². The summed E-state index contributed by atoms with van der Waals surface area (Å²) >= 11 is 5.82. The first kappa shape index (κ1) is 15.0. The summed E-state index contributed by atoms with van der Waals surface area (Å²) in [5.41, 5.74) is 0.843. The predicted octanol–water partition coefficient (Wildman–Crippen LogP) is 3.82. The fourth-order valence-corrected chi connectivity index (χ4v) is 2.04. The number of aryl methyl sites for hydroxylation is 1. The van der Waals surface area contributed by atoms with Gasteiger partial charge in [-0.25, -0.2) is 0 Å². The molecule has 2 aromatic carbocycles. The molecule has 5 nitrogen and oxygen atoms in total. The summed E-state index contributed by atoms with van der Waals surface area (Å²) in [6, 6.07) is 11.1. The standard InChI is InChI=1S/C15H12ClNO4/c1-10-4-2-7-13(17(19)20)15(10)21-9-14(18)11-5-3-6-12(16)8-11/h2-8H,9H2,1H3. The molecule has 0 unspecified atom stereocenters. The zero-order valence-corrected chi connectivity index (χ0v) is 12.0. The van der Waals surface area contributed by atoms with Crippen molar-refractivity contribution < 1.29 is 14.5 Å². The number of halogens is 1. The van der Waals surface area contributed by atoms with Crippen molar-refractivity contribution in [1.82, 2.24) is 0 Å². The summed E-state index contributed by atoms with van der Waals surface area (Å²) in [5.74, 6) is -0.187. The number of nitrogens with zero attached hydrogens (tertiary/aromatic N) is 1. The van der Waals surface area contributed by atoms with Crippen molar-refractivity contribution in [2.75, 3.05) is 6.61 Å². The highest BCUT2D eigenvalue weighted by molar-refractivity contribution is 6.31. The van der Waals surface area contributed by atoms with Gasteiger partial charge in [0.25, 0.3) is 0 Å². The summed E-state index contributed by atoms with van der Waals surface area (Å²) in [5, 5.41) is 11.4. The normalized spacial score (nSPS) is 10.2. The van der Waals surface area contributed by atoms with Crippen molar-refractivity contribution in [2.24, 2.45) is 0 Å². The van der Waals surface area contributed by atoms with Crippen LogP contribution in [0.2, 0.25) is 5.02 Å². The van der Waals surface area contributed by atoms with Crippen molar-refractivity contribution in [3.8, 4) is 5.75 Å². The Kier molecular flexibility index (Phi) is 4.55. The molecule has 0 saturated heterocycles. The monoisotopic (exact) mass is 305 g/mol. The van der Waals surface area contributed by atoms with Gasteiger partial charge < -0.3 is 4.74 Å². The molecule has 0 amide bonds. The van der Waals surface area contributed by atoms with Gasteiger partial charge in [0.15, 0.2) is 12.4 Å². The molecule has 0 atom stereocenters. The van der Waals surface area contributed by atoms with Gasteiger partial charge in [0, 0.05) is 16.7 Å². The summed E-state index contributed by atoms with van der Waals surface area (Å²) in [7, 11) is 0. The zero-order chi connectivity index (χ0) is 15.4. The number of carbonyl (C=O) groups is 1. The van der Waals surface area contributed by atoms with E-state index < -0.39 is 4.92 Å². The van der Waals surface area contributed by atoms with Crippen LogP contribution >= 0.6 is 11.6 Å². The molecular formula is C15H12ClNO4. The minimum atomic E-state index is -0.536. The van der Waals surface area contributed by atoms with Gasteiger partial charge in [-0.15, -0.1) is 0 Å². The van der Waals surface area contributed by atoms with Crippen molar-refractivity contribution >= 4 is 23.1 Å². The number of nitro groups is 1. The molecule has 6 heteroatoms. The molecule has 0 N–H and O–H groups in total. The van der Waals surface area contributed by atoms with Crippen molar-refractivity contribution in [1.29, 1.82) is 0 Å². The van der Waals surface area contributed by atoms with Gasteiger partial charge in [0.2, 0.25) is 5.75 Å². The van der Waals surface area contributed by atoms with Gasteiger partial charge in [-0.2, -0.15) is 0 Å². The van der Waals surface area contributed by atoms with Gasteiger partial charge in [-0.05, 0) is 24.6 Å². The van der Waals surface area contributed by atoms with Crippen LogP contribution in [-0.2, 0) is 0 Å². The van der Waals surface area contributed by atoms with E-state index in [-0.39, 0.29) is 23.8 Å². The lowest BCUT2D eigenvalue weighted by molar-refractivity contribution is -0.385. The van der Waals surface area contributed by atoms with Gasteiger partial charge in [-0.1, -0.05) is 35.9 Å². The van der Waals surface area contributed by atoms with Crippen LogP contribution in [0.5, 0.6) is 5.75 Å². The number of carbonyl (C=O) groups excluding carboxylic acids is 1. The first-order valence-electron chi connectivity index (χ1n) is 6.14. The molecule has 0 aromatic heterocycles. The second-order valence-electron chi connectivity index (χ2n) is 4.40. The van der Waals surface area contributed by atoms with Crippen LogP contribution in [0.4, 0.5) is 5.69 Å². The highest BCUT2D eigenvalue weighted by Crippen LogP contribution is 2.30. The Hall–Kier alpha value is -2.40. The smallest absolute Gasteiger partial charge is 0.311 e. The SMILES string of the molecule is Cc1cccc([N+](=O)[O-])c1OCC(=O)c1cccc(Cl)c1. The first-order valence-corrected chi connectivity index (χ1v) is 6.52. The third kappa shape index (κ3) is 3.58. The highest BCUT2D eigenvalue weighted by atomic mass is 35.5. The molecule has 0 heterocycles. The molecule has 2 rings (SSSR count). The van der Waals surface area contributed by atoms with E-state index in [0.29, 0.717) is 16.1 Å². The minimum Gasteiger partial charge on any atom is -0.478 e. The molecule has 21 heavy (non-hydrogen) atoms. The molecule has 0 saturated carbocycles. The second-order valence-corrected chi connectivity index (χ2v) is 4.84. The Morgan fingerprint density at radius 3 is 2.67 bits per heavy atom. The number of Topliss-reactive ketones (excluding diaryl/α,β-unsaturated/α-hetero) is 1. The molecular weight excluding hydrogens is 294 g/mol. The molecule has 2 aromatic rings. The number of rotatable bonds is 5. The molecule has 0 spiro atoms. The number of nitro benzene ring substituents is 1. The van der Waals surface area contributed by atoms with E-state index in [0.717, 1.165) is 0 Å². The average Bonchev–Trinajstić information content (AvgIpc) is 2.45. The average molecular weight is 306 g/mol. The van der Waals surface area contributed by atoms with E-state index in [2.05, 4.69) is 0 Å². The van der Waals surface area contributed by atoms with Crippen LogP contribution in [0.1, 0.15) is 15.9 Å². The lowest BCUT2D eigenvalue weighted by Gasteiger charge is -2.09. The fraction of sp³-hybridized carbons (Fsp3) is 0.133. The van der Waals surface area contributed by atoms with Crippen LogP contribution in [-0.4, -0.2) is 17.3 Å². The lowest BCUT2D eigenvalue weighted by atomic mass is 10.1. The summed E-state index contributed by atoms with van der Waals surface area (Å²) in [6.07, 6.45) is 0. The Balaban J connectivity index is 2.17. The van der Waals surface area contributed by atoms with E-state index in [1.807, 2.05) is 0 Å². The molecule has 0 radical (unpaired) electrons. The van der Waals surface area contributed by atoms with Crippen LogP contribution in [0.15, 0.2) is 42.5 Å². The Morgan fingerprint density at radius 1 is 1.29 bits per heavy atom. The van der Waals surface area contributed by atoms with Gasteiger partial charge in [-0.3, -0.25) is 14.9 Å². The maximum Gasteiger partial charge on any atom is 0.311 e. The molecule has 0 bridgehead atoms. The first-order chi connectivity index (χ1) is 9.99. The van der Waals surface area contributed by atoms with Crippen molar-refractivity contribution in [3.63, 3.8) is 0 Å². The maximum absolute atomic E-state index is 12.0. The number of ether oxygens (including phenoxy) is 1. The third-order valence-corrected chi connectivity index (χ3v) is 3.12. The number of hydrogen-bond donors (Lipinski definition) is 0. The molecule has 108 valence electrons. The number of hydrogen-bond acceptors (Lipinski definition) is 4. The number of para-hydroxylation sites is 1. The van der Waals surface area contributed by atoms with Gasteiger partial charge >= 0.3 is 5.69 Å². The topological polar surface area (TPSA) is 69.4 Å². The zero-order valence-electron chi connectivity index (χ0n) is 11.2. The maximum atomic E-state index is 12.0. The van der Waals surface area contributed by atoms with Crippen LogP contribution < -0.4 is 4.74 Å². The second kappa shape index (κ2) is 6.37. The van der Waals surface area contributed by atoms with E-state index in [1.165, 1.54) is 12.1 Å². The molecule has 0 fully saturated rings. The Morgan fingerprint density at radius 2 is 2.00 bits per heavy atom. The van der Waals surface area contributed by atoms with Crippen LogP contribution in [0.3, 0.4) is 0 Å². The minimum absolute atomic E-state index is 0.109. The largest absolute Gasteiger partial charge is 0.478 e. The Labute approximate surface area is 126 Å². The highest BCUT2D eigenvalue weighted by Gasteiger charge is 2.18. The van der Waals surface area contributed by atoms with Crippen LogP contribution in [0.25, 0.3) is 0 Å².